The predicted octanol–water partition coefficient (Wildman–Crippen LogP) is 2.31. The molecule has 2 aliphatic heterocycles. The van der Waals surface area contributed by atoms with E-state index in [9.17, 15) is 19.2 Å². The summed E-state index contributed by atoms with van der Waals surface area (Å²) in [5.74, 6) is -0.946. The third kappa shape index (κ3) is 3.80. The average Bonchev–Trinajstić information content (AvgIpc) is 3.02. The Hall–Kier alpha value is -3.19. The number of hydrogen-bond donors (Lipinski definition) is 0. The van der Waals surface area contributed by atoms with Gasteiger partial charge in [0, 0.05) is 49.7 Å². The fourth-order valence-electron chi connectivity index (χ4n) is 3.74. The SMILES string of the molecule is O=C(CCN1C(=O)c2ccccc2C1=O)N1CCN(C(=O)c2ccc(Cl)cc2)CC1. The number of imide groups is 1. The van der Waals surface area contributed by atoms with Crippen molar-refractivity contribution in [2.45, 2.75) is 6.42 Å². The Bertz CT molecular complexity index is 978. The summed E-state index contributed by atoms with van der Waals surface area (Å²) in [6.07, 6.45) is 0.0661. The average molecular weight is 426 g/mol. The van der Waals surface area contributed by atoms with Gasteiger partial charge in [0.2, 0.25) is 5.91 Å². The van der Waals surface area contributed by atoms with Gasteiger partial charge in [-0.05, 0) is 36.4 Å². The van der Waals surface area contributed by atoms with E-state index < -0.39 is 0 Å². The second kappa shape index (κ2) is 8.28. The molecule has 2 aromatic carbocycles. The minimum Gasteiger partial charge on any atom is -0.339 e. The van der Waals surface area contributed by atoms with Crippen LogP contribution in [-0.2, 0) is 4.79 Å². The van der Waals surface area contributed by atoms with Crippen LogP contribution >= 0.6 is 11.6 Å². The van der Waals surface area contributed by atoms with Gasteiger partial charge in [-0.3, -0.25) is 24.1 Å². The van der Waals surface area contributed by atoms with Crippen LogP contribution in [0.25, 0.3) is 0 Å². The Labute approximate surface area is 178 Å². The van der Waals surface area contributed by atoms with Crippen LogP contribution in [0.5, 0.6) is 0 Å². The maximum atomic E-state index is 12.6. The fraction of sp³-hybridized carbons (Fsp3) is 0.273. The first-order chi connectivity index (χ1) is 14.5. The highest BCUT2D eigenvalue weighted by Gasteiger charge is 2.35. The van der Waals surface area contributed by atoms with Gasteiger partial charge in [-0.25, -0.2) is 0 Å². The maximum absolute atomic E-state index is 12.6. The van der Waals surface area contributed by atoms with Crippen LogP contribution in [-0.4, -0.2) is 71.1 Å². The maximum Gasteiger partial charge on any atom is 0.261 e. The van der Waals surface area contributed by atoms with E-state index in [0.29, 0.717) is 47.9 Å². The lowest BCUT2D eigenvalue weighted by Crippen LogP contribution is -2.51. The molecule has 0 saturated carbocycles. The minimum absolute atomic E-state index is 0.0507. The van der Waals surface area contributed by atoms with Crippen LogP contribution in [0.15, 0.2) is 48.5 Å². The van der Waals surface area contributed by atoms with Crippen molar-refractivity contribution in [2.75, 3.05) is 32.7 Å². The molecule has 0 spiro atoms. The first kappa shape index (κ1) is 20.1. The van der Waals surface area contributed by atoms with Gasteiger partial charge in [0.05, 0.1) is 11.1 Å². The van der Waals surface area contributed by atoms with E-state index in [-0.39, 0.29) is 36.6 Å². The Balaban J connectivity index is 1.29. The summed E-state index contributed by atoms with van der Waals surface area (Å²) >= 11 is 5.86. The number of halogens is 1. The van der Waals surface area contributed by atoms with E-state index >= 15 is 0 Å². The number of carbonyl (C=O) groups excluding carboxylic acids is 4. The number of carbonyl (C=O) groups is 4. The van der Waals surface area contributed by atoms with E-state index in [0.717, 1.165) is 4.90 Å². The van der Waals surface area contributed by atoms with E-state index in [1.54, 1.807) is 58.3 Å². The third-order valence-electron chi connectivity index (χ3n) is 5.44. The number of fused-ring (bicyclic) bond motifs is 1. The molecule has 0 N–H and O–H groups in total. The molecule has 0 aromatic heterocycles. The van der Waals surface area contributed by atoms with Gasteiger partial charge in [-0.1, -0.05) is 23.7 Å². The third-order valence-corrected chi connectivity index (χ3v) is 5.69. The quantitative estimate of drug-likeness (QED) is 0.704. The van der Waals surface area contributed by atoms with E-state index in [1.807, 2.05) is 0 Å². The lowest BCUT2D eigenvalue weighted by atomic mass is 10.1. The smallest absolute Gasteiger partial charge is 0.261 e. The van der Waals surface area contributed by atoms with Crippen molar-refractivity contribution in [3.8, 4) is 0 Å². The Kier molecular flexibility index (Phi) is 5.55. The summed E-state index contributed by atoms with van der Waals surface area (Å²) in [6, 6.07) is 13.4. The van der Waals surface area contributed by atoms with Crippen molar-refractivity contribution < 1.29 is 19.2 Å². The topological polar surface area (TPSA) is 78.0 Å². The second-order valence-electron chi connectivity index (χ2n) is 7.24. The number of amides is 4. The first-order valence-electron chi connectivity index (χ1n) is 9.73. The van der Waals surface area contributed by atoms with Crippen molar-refractivity contribution in [3.63, 3.8) is 0 Å². The molecule has 0 atom stereocenters. The monoisotopic (exact) mass is 425 g/mol. The molecule has 30 heavy (non-hydrogen) atoms. The molecule has 4 rings (SSSR count). The Morgan fingerprint density at radius 3 is 1.90 bits per heavy atom. The molecule has 2 aliphatic rings. The zero-order valence-electron chi connectivity index (χ0n) is 16.2. The molecule has 0 radical (unpaired) electrons. The molecule has 0 bridgehead atoms. The van der Waals surface area contributed by atoms with Gasteiger partial charge < -0.3 is 9.80 Å². The predicted molar refractivity (Wildman–Crippen MR) is 110 cm³/mol. The summed E-state index contributed by atoms with van der Waals surface area (Å²) in [6.45, 7) is 1.75. The summed E-state index contributed by atoms with van der Waals surface area (Å²) in [7, 11) is 0. The van der Waals surface area contributed by atoms with Gasteiger partial charge in [-0.2, -0.15) is 0 Å². The molecule has 0 unspecified atom stereocenters. The second-order valence-corrected chi connectivity index (χ2v) is 7.67. The van der Waals surface area contributed by atoms with E-state index in [4.69, 9.17) is 11.6 Å². The molecule has 1 fully saturated rings. The fourth-order valence-corrected chi connectivity index (χ4v) is 3.87. The highest BCUT2D eigenvalue weighted by Crippen LogP contribution is 2.22. The number of nitrogens with zero attached hydrogens (tertiary/aromatic N) is 3. The lowest BCUT2D eigenvalue weighted by molar-refractivity contribution is -0.132. The molecule has 4 amide bonds. The molecule has 2 aromatic rings. The summed E-state index contributed by atoms with van der Waals surface area (Å²) in [5.41, 5.74) is 1.32. The largest absolute Gasteiger partial charge is 0.339 e. The highest BCUT2D eigenvalue weighted by molar-refractivity contribution is 6.30. The van der Waals surface area contributed by atoms with Crippen LogP contribution in [0.4, 0.5) is 0 Å². The molecule has 1 saturated heterocycles. The van der Waals surface area contributed by atoms with E-state index in [2.05, 4.69) is 0 Å². The van der Waals surface area contributed by atoms with Crippen LogP contribution in [0.1, 0.15) is 37.5 Å². The van der Waals surface area contributed by atoms with Crippen LogP contribution < -0.4 is 0 Å². The number of rotatable bonds is 4. The Morgan fingerprint density at radius 1 is 0.800 bits per heavy atom. The number of hydrogen-bond acceptors (Lipinski definition) is 4. The molecular formula is C22H20ClN3O4. The Morgan fingerprint density at radius 2 is 1.33 bits per heavy atom. The van der Waals surface area contributed by atoms with Gasteiger partial charge in [0.1, 0.15) is 0 Å². The molecule has 154 valence electrons. The van der Waals surface area contributed by atoms with Crippen molar-refractivity contribution in [1.82, 2.24) is 14.7 Å². The van der Waals surface area contributed by atoms with Crippen LogP contribution in [0, 0.1) is 0 Å². The van der Waals surface area contributed by atoms with Crippen molar-refractivity contribution in [3.05, 3.63) is 70.2 Å². The first-order valence-corrected chi connectivity index (χ1v) is 10.1. The summed E-state index contributed by atoms with van der Waals surface area (Å²) in [5, 5.41) is 0.569. The number of piperazine rings is 1. The number of benzene rings is 2. The van der Waals surface area contributed by atoms with Gasteiger partial charge in [0.15, 0.2) is 0 Å². The summed E-state index contributed by atoms with van der Waals surface area (Å²) < 4.78 is 0. The van der Waals surface area contributed by atoms with Crippen molar-refractivity contribution in [2.24, 2.45) is 0 Å². The van der Waals surface area contributed by atoms with Crippen LogP contribution in [0.3, 0.4) is 0 Å². The van der Waals surface area contributed by atoms with Crippen molar-refractivity contribution in [1.29, 1.82) is 0 Å². The molecule has 2 heterocycles. The standard InChI is InChI=1S/C22H20ClN3O4/c23-16-7-5-15(6-8-16)20(28)25-13-11-24(12-14-25)19(27)9-10-26-21(29)17-3-1-2-4-18(17)22(26)30/h1-8H,9-14H2. The normalized spacial score (nSPS) is 16.1. The van der Waals surface area contributed by atoms with Crippen LogP contribution in [0.2, 0.25) is 5.02 Å². The minimum atomic E-state index is -0.359. The molecule has 8 heteroatoms. The summed E-state index contributed by atoms with van der Waals surface area (Å²) in [4.78, 5) is 54.4. The zero-order chi connectivity index (χ0) is 21.3. The molecule has 0 aliphatic carbocycles. The molecular weight excluding hydrogens is 406 g/mol. The lowest BCUT2D eigenvalue weighted by Gasteiger charge is -2.35. The van der Waals surface area contributed by atoms with E-state index in [1.165, 1.54) is 0 Å². The zero-order valence-corrected chi connectivity index (χ0v) is 17.0. The molecule has 7 nitrogen and oxygen atoms in total. The highest BCUT2D eigenvalue weighted by atomic mass is 35.5. The van der Waals surface area contributed by atoms with Gasteiger partial charge in [0.25, 0.3) is 17.7 Å². The van der Waals surface area contributed by atoms with Gasteiger partial charge in [-0.15, -0.1) is 0 Å². The van der Waals surface area contributed by atoms with Crippen molar-refractivity contribution >= 4 is 35.2 Å². The van der Waals surface area contributed by atoms with Gasteiger partial charge >= 0.3 is 0 Å².